The molecule has 0 N–H and O–H groups in total. The topological polar surface area (TPSA) is 32.3 Å². The summed E-state index contributed by atoms with van der Waals surface area (Å²) in [7, 11) is 0. The van der Waals surface area contributed by atoms with Gasteiger partial charge in [0.1, 0.15) is 5.52 Å². The maximum Gasteiger partial charge on any atom is 0.186 e. The molecule has 3 heterocycles. The number of thiazole rings is 2. The lowest BCUT2D eigenvalue weighted by Gasteiger charge is -2.34. The van der Waals surface area contributed by atoms with Crippen molar-refractivity contribution in [2.24, 2.45) is 0 Å². The molecule has 0 spiro atoms. The highest BCUT2D eigenvalue weighted by Gasteiger charge is 2.23. The van der Waals surface area contributed by atoms with E-state index >= 15 is 0 Å². The molecule has 5 rings (SSSR count). The molecule has 7 heteroatoms. The van der Waals surface area contributed by atoms with Crippen molar-refractivity contribution in [1.82, 2.24) is 9.97 Å². The largest absolute Gasteiger partial charge is 0.345 e. The Bertz CT molecular complexity index is 1100. The van der Waals surface area contributed by atoms with Crippen LogP contribution in [0.25, 0.3) is 20.4 Å². The normalized spacial score (nSPS) is 15.2. The number of piperazine rings is 1. The number of anilines is 2. The molecule has 138 valence electrons. The molecule has 4 aromatic rings. The highest BCUT2D eigenvalue weighted by molar-refractivity contribution is 7.22. The van der Waals surface area contributed by atoms with E-state index < -0.39 is 0 Å². The predicted molar refractivity (Wildman–Crippen MR) is 118 cm³/mol. The molecule has 2 aromatic carbocycles. The summed E-state index contributed by atoms with van der Waals surface area (Å²) in [5.74, 6) is 0. The number of halogens is 1. The Balaban J connectivity index is 1.37. The number of hydrogen-bond donors (Lipinski definition) is 0. The Morgan fingerprint density at radius 1 is 0.815 bits per heavy atom. The van der Waals surface area contributed by atoms with Gasteiger partial charge in [0, 0.05) is 26.2 Å². The van der Waals surface area contributed by atoms with E-state index in [1.807, 2.05) is 23.5 Å². The molecular weight excluding hydrogens is 396 g/mol. The van der Waals surface area contributed by atoms with Gasteiger partial charge >= 0.3 is 0 Å². The molecule has 0 unspecified atom stereocenters. The van der Waals surface area contributed by atoms with Crippen molar-refractivity contribution in [3.63, 3.8) is 0 Å². The lowest BCUT2D eigenvalue weighted by molar-refractivity contribution is 0.651. The molecule has 0 bridgehead atoms. The molecule has 1 aliphatic rings. The SMILES string of the molecule is Cc1ccc(C)c2sc(N3CCN(c4nc5c(Cl)cccc5s4)CC3)nc12. The minimum Gasteiger partial charge on any atom is -0.345 e. The fourth-order valence-electron chi connectivity index (χ4n) is 3.51. The second-order valence-electron chi connectivity index (χ2n) is 6.93. The van der Waals surface area contributed by atoms with Crippen molar-refractivity contribution in [3.05, 3.63) is 46.5 Å². The van der Waals surface area contributed by atoms with Crippen LogP contribution in [0.3, 0.4) is 0 Å². The first-order valence-corrected chi connectivity index (χ1v) is 11.0. The molecule has 0 saturated carbocycles. The maximum atomic E-state index is 6.29. The van der Waals surface area contributed by atoms with Crippen LogP contribution in [0, 0.1) is 13.8 Å². The van der Waals surface area contributed by atoms with Crippen molar-refractivity contribution >= 4 is 65.0 Å². The van der Waals surface area contributed by atoms with E-state index in [0.717, 1.165) is 57.2 Å². The highest BCUT2D eigenvalue weighted by Crippen LogP contribution is 2.35. The fourth-order valence-corrected chi connectivity index (χ4v) is 5.99. The number of nitrogens with zero attached hydrogens (tertiary/aromatic N) is 4. The van der Waals surface area contributed by atoms with E-state index in [0.29, 0.717) is 0 Å². The third kappa shape index (κ3) is 2.96. The van der Waals surface area contributed by atoms with Gasteiger partial charge in [0.25, 0.3) is 0 Å². The summed E-state index contributed by atoms with van der Waals surface area (Å²) in [6, 6.07) is 10.3. The second-order valence-corrected chi connectivity index (χ2v) is 9.32. The van der Waals surface area contributed by atoms with Crippen LogP contribution in [0.15, 0.2) is 30.3 Å². The van der Waals surface area contributed by atoms with Crippen LogP contribution in [0.4, 0.5) is 10.3 Å². The lowest BCUT2D eigenvalue weighted by Crippen LogP contribution is -2.46. The molecule has 0 amide bonds. The standard InChI is InChI=1S/C20H19ClN4S2/c1-12-6-7-13(2)18-16(12)22-20(27-18)25-10-8-24(9-11-25)19-23-17-14(21)4-3-5-15(17)26-19/h3-7H,8-11H2,1-2H3. The van der Waals surface area contributed by atoms with Gasteiger partial charge in [-0.2, -0.15) is 0 Å². The van der Waals surface area contributed by atoms with Crippen LogP contribution in [-0.4, -0.2) is 36.1 Å². The van der Waals surface area contributed by atoms with Gasteiger partial charge in [0.05, 0.1) is 19.9 Å². The Hall–Kier alpha value is -1.89. The van der Waals surface area contributed by atoms with Crippen LogP contribution in [0.2, 0.25) is 5.02 Å². The summed E-state index contributed by atoms with van der Waals surface area (Å²) >= 11 is 9.82. The van der Waals surface area contributed by atoms with E-state index in [4.69, 9.17) is 21.6 Å². The van der Waals surface area contributed by atoms with E-state index in [-0.39, 0.29) is 0 Å². The first-order chi connectivity index (χ1) is 13.1. The van der Waals surface area contributed by atoms with E-state index in [1.54, 1.807) is 11.3 Å². The minimum atomic E-state index is 0.730. The predicted octanol–water partition coefficient (Wildman–Crippen LogP) is 5.50. The summed E-state index contributed by atoms with van der Waals surface area (Å²) in [4.78, 5) is 14.5. The van der Waals surface area contributed by atoms with Gasteiger partial charge < -0.3 is 9.80 Å². The zero-order valence-electron chi connectivity index (χ0n) is 15.2. The highest BCUT2D eigenvalue weighted by atomic mass is 35.5. The number of rotatable bonds is 2. The van der Waals surface area contributed by atoms with Crippen LogP contribution < -0.4 is 9.80 Å². The summed E-state index contributed by atoms with van der Waals surface area (Å²) in [6.07, 6.45) is 0. The third-order valence-electron chi connectivity index (χ3n) is 5.11. The number of para-hydroxylation sites is 1. The molecule has 1 aliphatic heterocycles. The van der Waals surface area contributed by atoms with Gasteiger partial charge in [-0.25, -0.2) is 9.97 Å². The Kier molecular flexibility index (Phi) is 4.22. The maximum absolute atomic E-state index is 6.29. The molecule has 1 saturated heterocycles. The third-order valence-corrected chi connectivity index (χ3v) is 7.75. The number of benzene rings is 2. The van der Waals surface area contributed by atoms with Crippen LogP contribution >= 0.6 is 34.3 Å². The summed E-state index contributed by atoms with van der Waals surface area (Å²) in [5.41, 5.74) is 4.63. The average molecular weight is 415 g/mol. The fraction of sp³-hybridized carbons (Fsp3) is 0.300. The monoisotopic (exact) mass is 414 g/mol. The van der Waals surface area contributed by atoms with Crippen molar-refractivity contribution in [3.8, 4) is 0 Å². The number of hydrogen-bond acceptors (Lipinski definition) is 6. The summed E-state index contributed by atoms with van der Waals surface area (Å²) in [6.45, 7) is 8.13. The first-order valence-electron chi connectivity index (χ1n) is 9.02. The molecule has 0 atom stereocenters. The van der Waals surface area contributed by atoms with Crippen LogP contribution in [0.5, 0.6) is 0 Å². The van der Waals surface area contributed by atoms with Gasteiger partial charge in [0.15, 0.2) is 10.3 Å². The van der Waals surface area contributed by atoms with E-state index in [2.05, 4.69) is 41.8 Å². The molecule has 27 heavy (non-hydrogen) atoms. The van der Waals surface area contributed by atoms with Crippen LogP contribution in [-0.2, 0) is 0 Å². The van der Waals surface area contributed by atoms with Crippen molar-refractivity contribution in [1.29, 1.82) is 0 Å². The van der Waals surface area contributed by atoms with Gasteiger partial charge in [-0.05, 0) is 37.1 Å². The summed E-state index contributed by atoms with van der Waals surface area (Å²) < 4.78 is 2.46. The molecule has 4 nitrogen and oxygen atoms in total. The van der Waals surface area contributed by atoms with Crippen molar-refractivity contribution in [2.45, 2.75) is 13.8 Å². The van der Waals surface area contributed by atoms with Crippen molar-refractivity contribution < 1.29 is 0 Å². The Morgan fingerprint density at radius 3 is 2.11 bits per heavy atom. The Labute approximate surface area is 171 Å². The molecule has 1 fully saturated rings. The minimum absolute atomic E-state index is 0.730. The number of aryl methyl sites for hydroxylation is 2. The molecule has 2 aromatic heterocycles. The van der Waals surface area contributed by atoms with Gasteiger partial charge in [-0.1, -0.05) is 52.5 Å². The van der Waals surface area contributed by atoms with Gasteiger partial charge in [-0.15, -0.1) is 0 Å². The van der Waals surface area contributed by atoms with Crippen molar-refractivity contribution in [2.75, 3.05) is 36.0 Å². The summed E-state index contributed by atoms with van der Waals surface area (Å²) in [5, 5.41) is 2.93. The zero-order valence-corrected chi connectivity index (χ0v) is 17.6. The zero-order chi connectivity index (χ0) is 18.5. The molecular formula is C20H19ClN4S2. The van der Waals surface area contributed by atoms with E-state index in [9.17, 15) is 0 Å². The Morgan fingerprint density at radius 2 is 1.44 bits per heavy atom. The lowest BCUT2D eigenvalue weighted by atomic mass is 10.1. The van der Waals surface area contributed by atoms with Gasteiger partial charge in [0.2, 0.25) is 0 Å². The smallest absolute Gasteiger partial charge is 0.186 e. The first kappa shape index (κ1) is 17.2. The quantitative estimate of drug-likeness (QED) is 0.433. The molecule has 0 aliphatic carbocycles. The number of aromatic nitrogens is 2. The number of fused-ring (bicyclic) bond motifs is 2. The van der Waals surface area contributed by atoms with E-state index in [1.165, 1.54) is 15.8 Å². The van der Waals surface area contributed by atoms with Crippen LogP contribution in [0.1, 0.15) is 11.1 Å². The molecule has 0 radical (unpaired) electrons. The average Bonchev–Trinajstić information content (AvgIpc) is 3.31. The van der Waals surface area contributed by atoms with Gasteiger partial charge in [-0.3, -0.25) is 0 Å². The second kappa shape index (κ2) is 6.62.